The van der Waals surface area contributed by atoms with Gasteiger partial charge in [0.05, 0.1) is 0 Å². The van der Waals surface area contributed by atoms with E-state index in [1.165, 1.54) is 17.3 Å². The van der Waals surface area contributed by atoms with Crippen molar-refractivity contribution in [3.05, 3.63) is 18.2 Å². The molecule has 0 saturated carbocycles. The molecule has 96 valence electrons. The van der Waals surface area contributed by atoms with Crippen LogP contribution in [0.2, 0.25) is 0 Å². The van der Waals surface area contributed by atoms with Crippen LogP contribution in [0.3, 0.4) is 0 Å². The number of nitrogens with zero attached hydrogens (tertiary/aromatic N) is 4. The molecule has 0 aliphatic carbocycles. The summed E-state index contributed by atoms with van der Waals surface area (Å²) in [7, 11) is 0. The normalized spacial score (nSPS) is 20.2. The Balaban J connectivity index is 1.74. The summed E-state index contributed by atoms with van der Waals surface area (Å²) in [6.07, 6.45) is 3.68. The van der Waals surface area contributed by atoms with E-state index < -0.39 is 0 Å². The number of anilines is 1. The first kappa shape index (κ1) is 12.1. The predicted octanol–water partition coefficient (Wildman–Crippen LogP) is 1.69. The van der Waals surface area contributed by atoms with Crippen molar-refractivity contribution in [1.29, 1.82) is 0 Å². The molecule has 1 unspecified atom stereocenters. The number of hydrogen-bond donors (Lipinski definition) is 1. The third-order valence-electron chi connectivity index (χ3n) is 2.88. The van der Waals surface area contributed by atoms with E-state index >= 15 is 0 Å². The molecule has 0 spiro atoms. The van der Waals surface area contributed by atoms with Crippen molar-refractivity contribution in [2.45, 2.75) is 12.2 Å². The lowest BCUT2D eigenvalue weighted by Crippen LogP contribution is -2.23. The minimum absolute atomic E-state index is 0.662. The van der Waals surface area contributed by atoms with E-state index in [4.69, 9.17) is 0 Å². The molecular weight excluding hydrogens is 266 g/mol. The van der Waals surface area contributed by atoms with Crippen LogP contribution in [-0.2, 0) is 0 Å². The summed E-state index contributed by atoms with van der Waals surface area (Å²) in [5, 5.41) is 12.3. The summed E-state index contributed by atoms with van der Waals surface area (Å²) < 4.78 is 1.96. The molecule has 1 fully saturated rings. The van der Waals surface area contributed by atoms with Crippen LogP contribution in [0.5, 0.6) is 0 Å². The average Bonchev–Trinajstić information content (AvgIpc) is 2.80. The highest BCUT2D eigenvalue weighted by Gasteiger charge is 2.15. The second kappa shape index (κ2) is 5.36. The summed E-state index contributed by atoms with van der Waals surface area (Å²) in [4.78, 5) is 4.35. The van der Waals surface area contributed by atoms with Gasteiger partial charge in [0.2, 0.25) is 5.65 Å². The molecule has 0 bridgehead atoms. The van der Waals surface area contributed by atoms with E-state index in [1.807, 2.05) is 41.0 Å². The van der Waals surface area contributed by atoms with Gasteiger partial charge in [-0.3, -0.25) is 4.40 Å². The predicted molar refractivity (Wildman–Crippen MR) is 77.6 cm³/mol. The molecule has 1 aliphatic heterocycles. The zero-order valence-electron chi connectivity index (χ0n) is 10.2. The van der Waals surface area contributed by atoms with Crippen molar-refractivity contribution < 1.29 is 0 Å². The van der Waals surface area contributed by atoms with Crippen LogP contribution in [0.4, 0.5) is 5.82 Å². The molecule has 3 heterocycles. The van der Waals surface area contributed by atoms with Gasteiger partial charge >= 0.3 is 0 Å². The number of thioether (sulfide) groups is 2. The fourth-order valence-corrected chi connectivity index (χ4v) is 4.54. The van der Waals surface area contributed by atoms with Crippen molar-refractivity contribution >= 4 is 35.0 Å². The van der Waals surface area contributed by atoms with E-state index in [-0.39, 0.29) is 0 Å². The molecule has 1 aliphatic rings. The summed E-state index contributed by atoms with van der Waals surface area (Å²) >= 11 is 4.07. The first-order chi connectivity index (χ1) is 8.84. The molecule has 5 nitrogen and oxygen atoms in total. The number of aryl methyl sites for hydroxylation is 1. The Bertz CT molecular complexity index is 535. The van der Waals surface area contributed by atoms with Crippen molar-refractivity contribution in [1.82, 2.24) is 19.6 Å². The zero-order valence-corrected chi connectivity index (χ0v) is 11.8. The second-order valence-corrected chi connectivity index (χ2v) is 6.72. The first-order valence-corrected chi connectivity index (χ1v) is 8.14. The van der Waals surface area contributed by atoms with E-state index in [0.717, 1.165) is 23.8 Å². The Morgan fingerprint density at radius 2 is 2.39 bits per heavy atom. The highest BCUT2D eigenvalue weighted by Crippen LogP contribution is 2.24. The maximum atomic E-state index is 4.35. The maximum Gasteiger partial charge on any atom is 0.203 e. The van der Waals surface area contributed by atoms with Crippen molar-refractivity contribution in [3.8, 4) is 0 Å². The molecule has 0 aromatic carbocycles. The van der Waals surface area contributed by atoms with Crippen LogP contribution >= 0.6 is 23.5 Å². The monoisotopic (exact) mass is 281 g/mol. The lowest BCUT2D eigenvalue weighted by molar-refractivity contribution is 0.980. The number of fused-ring (bicyclic) bond motifs is 1. The van der Waals surface area contributed by atoms with Gasteiger partial charge < -0.3 is 5.32 Å². The molecule has 0 amide bonds. The number of nitrogens with one attached hydrogen (secondary N) is 1. The third-order valence-corrected chi connectivity index (χ3v) is 5.72. The van der Waals surface area contributed by atoms with Gasteiger partial charge in [-0.15, -0.1) is 10.2 Å². The molecule has 7 heteroatoms. The smallest absolute Gasteiger partial charge is 0.203 e. The van der Waals surface area contributed by atoms with Gasteiger partial charge in [-0.1, -0.05) is 0 Å². The minimum atomic E-state index is 0.662. The lowest BCUT2D eigenvalue weighted by Gasteiger charge is -2.21. The van der Waals surface area contributed by atoms with E-state index in [0.29, 0.717) is 5.25 Å². The molecule has 1 saturated heterocycles. The molecule has 0 radical (unpaired) electrons. The maximum absolute atomic E-state index is 4.35. The molecule has 1 atom stereocenters. The van der Waals surface area contributed by atoms with Crippen molar-refractivity contribution in [2.24, 2.45) is 0 Å². The van der Waals surface area contributed by atoms with Gasteiger partial charge in [0.15, 0.2) is 5.82 Å². The van der Waals surface area contributed by atoms with Gasteiger partial charge in [0.25, 0.3) is 0 Å². The Kier molecular flexibility index (Phi) is 3.60. The largest absolute Gasteiger partial charge is 0.366 e. The van der Waals surface area contributed by atoms with Gasteiger partial charge in [0, 0.05) is 41.4 Å². The summed E-state index contributed by atoms with van der Waals surface area (Å²) in [6, 6.07) is 0. The van der Waals surface area contributed by atoms with Crippen LogP contribution < -0.4 is 5.32 Å². The van der Waals surface area contributed by atoms with Gasteiger partial charge in [-0.25, -0.2) is 4.98 Å². The minimum Gasteiger partial charge on any atom is -0.366 e. The Hall–Kier alpha value is -0.950. The average molecular weight is 281 g/mol. The standard InChI is InChI=1S/C11H15N5S2/c1-8-14-15-11-10(12-2-3-16(8)11)13-6-9-7-17-4-5-18-9/h2-3,9H,4-7H2,1H3,(H,12,13). The highest BCUT2D eigenvalue weighted by atomic mass is 32.2. The fourth-order valence-electron chi connectivity index (χ4n) is 1.93. The van der Waals surface area contributed by atoms with E-state index in [1.54, 1.807) is 6.20 Å². The van der Waals surface area contributed by atoms with E-state index in [2.05, 4.69) is 20.5 Å². The third kappa shape index (κ3) is 2.42. The molecule has 2 aromatic heterocycles. The van der Waals surface area contributed by atoms with Crippen molar-refractivity contribution in [3.63, 3.8) is 0 Å². The van der Waals surface area contributed by atoms with Crippen LogP contribution in [0.15, 0.2) is 12.4 Å². The SMILES string of the molecule is Cc1nnc2c(NCC3CSCCS3)nccn12. The number of rotatable bonds is 3. The van der Waals surface area contributed by atoms with Gasteiger partial charge in [-0.2, -0.15) is 23.5 Å². The van der Waals surface area contributed by atoms with Crippen LogP contribution in [0.25, 0.3) is 5.65 Å². The first-order valence-electron chi connectivity index (χ1n) is 5.94. The number of aromatic nitrogens is 4. The highest BCUT2D eigenvalue weighted by molar-refractivity contribution is 8.06. The topological polar surface area (TPSA) is 55.1 Å². The van der Waals surface area contributed by atoms with Crippen molar-refractivity contribution in [2.75, 3.05) is 29.1 Å². The Morgan fingerprint density at radius 3 is 3.22 bits per heavy atom. The second-order valence-electron chi connectivity index (χ2n) is 4.17. The van der Waals surface area contributed by atoms with Crippen LogP contribution in [0.1, 0.15) is 5.82 Å². The van der Waals surface area contributed by atoms with Gasteiger partial charge in [-0.05, 0) is 6.92 Å². The summed E-state index contributed by atoms with van der Waals surface area (Å²) in [6.45, 7) is 2.88. The van der Waals surface area contributed by atoms with E-state index in [9.17, 15) is 0 Å². The van der Waals surface area contributed by atoms with Gasteiger partial charge in [0.1, 0.15) is 5.82 Å². The fraction of sp³-hybridized carbons (Fsp3) is 0.545. The Labute approximate surface area is 114 Å². The quantitative estimate of drug-likeness (QED) is 0.924. The molecule has 2 aromatic rings. The van der Waals surface area contributed by atoms with Crippen LogP contribution in [0, 0.1) is 6.92 Å². The number of hydrogen-bond acceptors (Lipinski definition) is 6. The summed E-state index contributed by atoms with van der Waals surface area (Å²) in [5.74, 6) is 5.45. The molecular formula is C11H15N5S2. The molecule has 18 heavy (non-hydrogen) atoms. The Morgan fingerprint density at radius 1 is 1.44 bits per heavy atom. The van der Waals surface area contributed by atoms with Crippen LogP contribution in [-0.4, -0.2) is 48.6 Å². The zero-order chi connectivity index (χ0) is 12.4. The summed E-state index contributed by atoms with van der Waals surface area (Å²) in [5.41, 5.74) is 0.809. The molecule has 1 N–H and O–H groups in total. The lowest BCUT2D eigenvalue weighted by atomic mass is 10.4. The molecule has 3 rings (SSSR count).